The van der Waals surface area contributed by atoms with Crippen LogP contribution in [0.5, 0.6) is 0 Å². The summed E-state index contributed by atoms with van der Waals surface area (Å²) in [6.07, 6.45) is 0.926. The Bertz CT molecular complexity index is 127. The molecule has 1 atom stereocenters. The van der Waals surface area contributed by atoms with E-state index < -0.39 is 6.04 Å². The first-order valence-corrected chi connectivity index (χ1v) is 4.27. The van der Waals surface area contributed by atoms with Crippen LogP contribution in [0.25, 0.3) is 0 Å². The van der Waals surface area contributed by atoms with E-state index in [9.17, 15) is 4.79 Å². The maximum Gasteiger partial charge on any atom is 0.325 e. The van der Waals surface area contributed by atoms with Crippen molar-refractivity contribution in [3.8, 4) is 0 Å². The van der Waals surface area contributed by atoms with E-state index in [0.29, 0.717) is 13.2 Å². The van der Waals surface area contributed by atoms with Gasteiger partial charge in [-0.1, -0.05) is 6.92 Å². The van der Waals surface area contributed by atoms with Crippen LogP contribution in [0.1, 0.15) is 20.3 Å². The molecule has 0 aliphatic heterocycles. The maximum atomic E-state index is 11.0. The Hall–Kier alpha value is -0.610. The average Bonchev–Trinajstić information content (AvgIpc) is 2.06. The van der Waals surface area contributed by atoms with Crippen LogP contribution in [0.15, 0.2) is 0 Å². The zero-order valence-corrected chi connectivity index (χ0v) is 7.67. The van der Waals surface area contributed by atoms with Crippen molar-refractivity contribution in [1.29, 1.82) is 0 Å². The molecule has 0 aromatic heterocycles. The number of hydrogen-bond donors (Lipinski definition) is 2. The summed E-state index contributed by atoms with van der Waals surface area (Å²) < 4.78 is 4.73. The van der Waals surface area contributed by atoms with Gasteiger partial charge in [0.2, 0.25) is 0 Å². The molecular formula is C8H17NO3. The van der Waals surface area contributed by atoms with E-state index in [1.54, 1.807) is 6.92 Å². The monoisotopic (exact) mass is 175 g/mol. The first-order chi connectivity index (χ1) is 5.76. The second-order valence-corrected chi connectivity index (χ2v) is 2.44. The van der Waals surface area contributed by atoms with Crippen molar-refractivity contribution < 1.29 is 14.6 Å². The van der Waals surface area contributed by atoms with E-state index in [1.807, 2.05) is 6.92 Å². The molecule has 72 valence electrons. The fourth-order valence-electron chi connectivity index (χ4n) is 0.784. The van der Waals surface area contributed by atoms with Gasteiger partial charge in [-0.15, -0.1) is 0 Å². The lowest BCUT2D eigenvalue weighted by atomic mass is 10.3. The summed E-state index contributed by atoms with van der Waals surface area (Å²) >= 11 is 0. The smallest absolute Gasteiger partial charge is 0.325 e. The Labute approximate surface area is 72.9 Å². The normalized spacial score (nSPS) is 12.6. The fraction of sp³-hybridized carbons (Fsp3) is 0.875. The molecule has 0 bridgehead atoms. The van der Waals surface area contributed by atoms with E-state index >= 15 is 0 Å². The van der Waals surface area contributed by atoms with Gasteiger partial charge in [-0.3, -0.25) is 4.79 Å². The summed E-state index contributed by atoms with van der Waals surface area (Å²) in [5.74, 6) is -0.381. The zero-order chi connectivity index (χ0) is 9.40. The second kappa shape index (κ2) is 7.06. The summed E-state index contributed by atoms with van der Waals surface area (Å²) in [6, 6.07) is -0.565. The van der Waals surface area contributed by atoms with Gasteiger partial charge in [-0.2, -0.15) is 0 Å². The molecule has 0 saturated carbocycles. The van der Waals surface area contributed by atoms with Crippen LogP contribution >= 0.6 is 0 Å². The Kier molecular flexibility index (Phi) is 6.70. The molecule has 0 aromatic carbocycles. The molecule has 0 saturated heterocycles. The van der Waals surface area contributed by atoms with Crippen LogP contribution in [0, 0.1) is 0 Å². The Balaban J connectivity index is 3.71. The highest BCUT2D eigenvalue weighted by atomic mass is 16.5. The van der Waals surface area contributed by atoms with Gasteiger partial charge < -0.3 is 15.2 Å². The molecule has 0 aliphatic carbocycles. The number of aliphatic hydroxyl groups excluding tert-OH is 1. The first kappa shape index (κ1) is 11.4. The largest absolute Gasteiger partial charge is 0.465 e. The summed E-state index contributed by atoms with van der Waals surface area (Å²) in [5, 5.41) is 11.7. The summed E-state index contributed by atoms with van der Waals surface area (Å²) in [6.45, 7) is 4.59. The SMILES string of the molecule is CCCNC(CO)C(=O)OCC. The lowest BCUT2D eigenvalue weighted by Crippen LogP contribution is -2.41. The minimum absolute atomic E-state index is 0.209. The number of rotatable bonds is 6. The summed E-state index contributed by atoms with van der Waals surface area (Å²) in [7, 11) is 0. The molecule has 4 nitrogen and oxygen atoms in total. The number of hydrogen-bond acceptors (Lipinski definition) is 4. The lowest BCUT2D eigenvalue weighted by molar-refractivity contribution is -0.146. The van der Waals surface area contributed by atoms with Crippen molar-refractivity contribution in [3.63, 3.8) is 0 Å². The third kappa shape index (κ3) is 4.31. The maximum absolute atomic E-state index is 11.0. The van der Waals surface area contributed by atoms with Crippen LogP contribution in [0.4, 0.5) is 0 Å². The molecular weight excluding hydrogens is 158 g/mol. The average molecular weight is 175 g/mol. The zero-order valence-electron chi connectivity index (χ0n) is 7.67. The Morgan fingerprint density at radius 2 is 2.25 bits per heavy atom. The molecule has 2 N–H and O–H groups in total. The Morgan fingerprint density at radius 1 is 1.58 bits per heavy atom. The van der Waals surface area contributed by atoms with E-state index in [-0.39, 0.29) is 12.6 Å². The number of nitrogens with one attached hydrogen (secondary N) is 1. The molecule has 0 spiro atoms. The molecule has 0 amide bonds. The highest BCUT2D eigenvalue weighted by molar-refractivity contribution is 5.75. The minimum atomic E-state index is -0.565. The minimum Gasteiger partial charge on any atom is -0.465 e. The van der Waals surface area contributed by atoms with Gasteiger partial charge in [0.15, 0.2) is 0 Å². The number of esters is 1. The van der Waals surface area contributed by atoms with E-state index in [2.05, 4.69) is 5.32 Å². The van der Waals surface area contributed by atoms with Gasteiger partial charge in [-0.05, 0) is 19.9 Å². The van der Waals surface area contributed by atoms with E-state index in [0.717, 1.165) is 6.42 Å². The van der Waals surface area contributed by atoms with Crippen molar-refractivity contribution in [2.45, 2.75) is 26.3 Å². The van der Waals surface area contributed by atoms with Crippen LogP contribution in [-0.4, -0.2) is 36.9 Å². The van der Waals surface area contributed by atoms with Crippen molar-refractivity contribution in [1.82, 2.24) is 5.32 Å². The van der Waals surface area contributed by atoms with Crippen molar-refractivity contribution in [2.75, 3.05) is 19.8 Å². The molecule has 0 rings (SSSR count). The quantitative estimate of drug-likeness (QED) is 0.554. The topological polar surface area (TPSA) is 58.6 Å². The van der Waals surface area contributed by atoms with Gasteiger partial charge in [0, 0.05) is 0 Å². The Morgan fingerprint density at radius 3 is 2.67 bits per heavy atom. The van der Waals surface area contributed by atoms with Crippen molar-refractivity contribution >= 4 is 5.97 Å². The molecule has 0 fully saturated rings. The van der Waals surface area contributed by atoms with Gasteiger partial charge in [0.25, 0.3) is 0 Å². The second-order valence-electron chi connectivity index (χ2n) is 2.44. The third-order valence-corrected chi connectivity index (χ3v) is 1.39. The molecule has 4 heteroatoms. The molecule has 0 heterocycles. The molecule has 12 heavy (non-hydrogen) atoms. The third-order valence-electron chi connectivity index (χ3n) is 1.39. The van der Waals surface area contributed by atoms with Crippen molar-refractivity contribution in [2.24, 2.45) is 0 Å². The van der Waals surface area contributed by atoms with Crippen molar-refractivity contribution in [3.05, 3.63) is 0 Å². The van der Waals surface area contributed by atoms with Gasteiger partial charge in [0.1, 0.15) is 6.04 Å². The number of aliphatic hydroxyl groups is 1. The highest BCUT2D eigenvalue weighted by Gasteiger charge is 2.16. The molecule has 0 aromatic rings. The molecule has 0 aliphatic rings. The standard InChI is InChI=1S/C8H17NO3/c1-3-5-9-7(6-10)8(11)12-4-2/h7,9-10H,3-6H2,1-2H3. The number of carbonyl (C=O) groups is 1. The number of carbonyl (C=O) groups excluding carboxylic acids is 1. The van der Waals surface area contributed by atoms with E-state index in [1.165, 1.54) is 0 Å². The predicted octanol–water partition coefficient (Wildman–Crippen LogP) is -0.0900. The van der Waals surface area contributed by atoms with Crippen LogP contribution in [0.2, 0.25) is 0 Å². The fourth-order valence-corrected chi connectivity index (χ4v) is 0.784. The molecule has 1 unspecified atom stereocenters. The highest BCUT2D eigenvalue weighted by Crippen LogP contribution is 1.88. The van der Waals surface area contributed by atoms with Crippen LogP contribution in [-0.2, 0) is 9.53 Å². The van der Waals surface area contributed by atoms with Gasteiger partial charge >= 0.3 is 5.97 Å². The molecule has 0 radical (unpaired) electrons. The van der Waals surface area contributed by atoms with E-state index in [4.69, 9.17) is 9.84 Å². The summed E-state index contributed by atoms with van der Waals surface area (Å²) in [4.78, 5) is 11.0. The predicted molar refractivity (Wildman–Crippen MR) is 45.8 cm³/mol. The first-order valence-electron chi connectivity index (χ1n) is 4.27. The lowest BCUT2D eigenvalue weighted by Gasteiger charge is -2.13. The van der Waals surface area contributed by atoms with Crippen LogP contribution < -0.4 is 5.32 Å². The summed E-state index contributed by atoms with van der Waals surface area (Å²) in [5.41, 5.74) is 0. The van der Waals surface area contributed by atoms with Gasteiger partial charge in [-0.25, -0.2) is 0 Å². The number of ether oxygens (including phenoxy) is 1. The van der Waals surface area contributed by atoms with Crippen LogP contribution in [0.3, 0.4) is 0 Å². The van der Waals surface area contributed by atoms with Gasteiger partial charge in [0.05, 0.1) is 13.2 Å².